The Bertz CT molecular complexity index is 1190. The Morgan fingerprint density at radius 2 is 1.92 bits per heavy atom. The van der Waals surface area contributed by atoms with E-state index in [1.807, 2.05) is 4.98 Å². The van der Waals surface area contributed by atoms with E-state index in [9.17, 15) is 28.8 Å². The van der Waals surface area contributed by atoms with Gasteiger partial charge in [-0.3, -0.25) is 33.0 Å². The van der Waals surface area contributed by atoms with Crippen molar-refractivity contribution in [1.82, 2.24) is 14.6 Å². The zero-order valence-electron chi connectivity index (χ0n) is 22.3. The summed E-state index contributed by atoms with van der Waals surface area (Å²) in [5, 5.41) is 13.1. The molecule has 1 aliphatic heterocycles. The molecule has 1 aliphatic rings. The lowest BCUT2D eigenvalue weighted by Crippen LogP contribution is -2.41. The Hall–Kier alpha value is -1.22. The molecule has 17 heteroatoms. The number of aliphatic hydroxyl groups is 1. The summed E-state index contributed by atoms with van der Waals surface area (Å²) in [5.41, 5.74) is -2.14. The van der Waals surface area contributed by atoms with Gasteiger partial charge in [0, 0.05) is 23.4 Å². The number of carbonyl (C=O) groups is 2. The van der Waals surface area contributed by atoms with Crippen LogP contribution >= 0.6 is 42.7 Å². The normalized spacial score (nSPS) is 23.4. The first-order valence-corrected chi connectivity index (χ1v) is 15.2. The van der Waals surface area contributed by atoms with Crippen LogP contribution in [0, 0.1) is 5.41 Å². The van der Waals surface area contributed by atoms with Gasteiger partial charge >= 0.3 is 19.4 Å². The van der Waals surface area contributed by atoms with Gasteiger partial charge in [0.25, 0.3) is 5.56 Å². The summed E-state index contributed by atoms with van der Waals surface area (Å²) < 4.78 is 34.1. The molecule has 1 fully saturated rings. The van der Waals surface area contributed by atoms with Crippen LogP contribution in [0.1, 0.15) is 47.8 Å². The van der Waals surface area contributed by atoms with Crippen LogP contribution in [0.15, 0.2) is 21.9 Å². The highest BCUT2D eigenvalue weighted by Crippen LogP contribution is 2.49. The molecule has 5 atom stereocenters. The number of esters is 1. The molecule has 1 unspecified atom stereocenters. The Labute approximate surface area is 239 Å². The van der Waals surface area contributed by atoms with Crippen LogP contribution in [0.25, 0.3) is 0 Å². The number of aromatic nitrogens is 2. The van der Waals surface area contributed by atoms with Crippen molar-refractivity contribution in [2.24, 2.45) is 5.41 Å². The fourth-order valence-electron chi connectivity index (χ4n) is 3.13. The van der Waals surface area contributed by atoms with Gasteiger partial charge in [-0.2, -0.15) is 0 Å². The van der Waals surface area contributed by atoms with E-state index >= 15 is 0 Å². The molecule has 0 aliphatic carbocycles. The standard InChI is InChI=1S/C22H34Cl2N3O10PS/c1-12(2)36-17(30)13(3)26-38(33,34-9-10-39-19(31)21(4,5)6)35-11-14-16(29)22(23,24)18(37-14)27-8-7-15(28)25-20(27)32/h7-8,12-14,16,18,29H,9-11H2,1-6H3,(H,26,33)(H,25,28,32)/t13-,14+,16+,18+,38?/m0/s1. The van der Waals surface area contributed by atoms with E-state index in [0.29, 0.717) is 0 Å². The van der Waals surface area contributed by atoms with Crippen LogP contribution in [0.2, 0.25) is 0 Å². The molecular weight excluding hydrogens is 600 g/mol. The molecule has 3 N–H and O–H groups in total. The molecule has 2 heterocycles. The summed E-state index contributed by atoms with van der Waals surface area (Å²) in [5.74, 6) is -0.577. The zero-order valence-corrected chi connectivity index (χ0v) is 25.6. The minimum atomic E-state index is -4.27. The number of aromatic amines is 1. The molecular formula is C22H34Cl2N3O10PS. The topological polar surface area (TPSA) is 175 Å². The number of hydrogen-bond acceptors (Lipinski definition) is 11. The van der Waals surface area contributed by atoms with Crippen molar-refractivity contribution in [3.8, 4) is 0 Å². The largest absolute Gasteiger partial charge is 0.462 e. The predicted octanol–water partition coefficient (Wildman–Crippen LogP) is 2.35. The second-order valence-electron chi connectivity index (χ2n) is 10.0. The van der Waals surface area contributed by atoms with Gasteiger partial charge in [0.2, 0.25) is 0 Å². The average Bonchev–Trinajstić information content (AvgIpc) is 3.03. The smallest absolute Gasteiger partial charge is 0.406 e. The first-order chi connectivity index (χ1) is 17.9. The van der Waals surface area contributed by atoms with Crippen LogP contribution < -0.4 is 16.3 Å². The lowest BCUT2D eigenvalue weighted by molar-refractivity contribution is -0.149. The number of halogens is 2. The SMILES string of the molecule is CC(C)OC(=O)[C@H](C)NP(=O)(OCCSC(=O)C(C)(C)C)OC[C@H]1O[C@@H](n2ccc(=O)[nH]c2=O)C(Cl)(Cl)[C@@H]1O. The lowest BCUT2D eigenvalue weighted by Gasteiger charge is -2.25. The second kappa shape index (κ2) is 13.6. The number of aliphatic hydroxyl groups excluding tert-OH is 1. The minimum Gasteiger partial charge on any atom is -0.462 e. The highest BCUT2D eigenvalue weighted by Gasteiger charge is 2.56. The summed E-state index contributed by atoms with van der Waals surface area (Å²) >= 11 is 13.6. The molecule has 13 nitrogen and oxygen atoms in total. The number of rotatable bonds is 12. The number of ether oxygens (including phenoxy) is 2. The number of alkyl halides is 2. The molecule has 1 saturated heterocycles. The number of nitrogens with one attached hydrogen (secondary N) is 2. The van der Waals surface area contributed by atoms with Gasteiger partial charge in [-0.25, -0.2) is 14.4 Å². The molecule has 2 rings (SSSR count). The van der Waals surface area contributed by atoms with Crippen LogP contribution in [0.3, 0.4) is 0 Å². The molecule has 0 aromatic carbocycles. The van der Waals surface area contributed by atoms with Crippen LogP contribution in [0.4, 0.5) is 0 Å². The van der Waals surface area contributed by atoms with Crippen molar-refractivity contribution < 1.29 is 37.8 Å². The van der Waals surface area contributed by atoms with Crippen molar-refractivity contribution in [3.05, 3.63) is 33.1 Å². The Morgan fingerprint density at radius 3 is 2.49 bits per heavy atom. The van der Waals surface area contributed by atoms with Crippen molar-refractivity contribution in [1.29, 1.82) is 0 Å². The first kappa shape index (κ1) is 34.0. The summed E-state index contributed by atoms with van der Waals surface area (Å²) in [7, 11) is -4.27. The molecule has 0 radical (unpaired) electrons. The quantitative estimate of drug-likeness (QED) is 0.133. The third kappa shape index (κ3) is 9.40. The summed E-state index contributed by atoms with van der Waals surface area (Å²) in [6.07, 6.45) is -3.73. The highest BCUT2D eigenvalue weighted by atomic mass is 35.5. The Kier molecular flexibility index (Phi) is 11.9. The van der Waals surface area contributed by atoms with Crippen molar-refractivity contribution in [3.63, 3.8) is 0 Å². The maximum atomic E-state index is 13.6. The van der Waals surface area contributed by atoms with E-state index in [1.165, 1.54) is 6.92 Å². The molecule has 0 bridgehead atoms. The van der Waals surface area contributed by atoms with Gasteiger partial charge in [0.1, 0.15) is 18.2 Å². The summed E-state index contributed by atoms with van der Waals surface area (Å²) in [6.45, 7) is 9.18. The van der Waals surface area contributed by atoms with E-state index < -0.39 is 71.9 Å². The fraction of sp³-hybridized carbons (Fsp3) is 0.727. The van der Waals surface area contributed by atoms with E-state index in [1.54, 1.807) is 34.6 Å². The third-order valence-corrected chi connectivity index (χ3v) is 8.92. The number of thioether (sulfide) groups is 1. The van der Waals surface area contributed by atoms with E-state index in [0.717, 1.165) is 28.6 Å². The van der Waals surface area contributed by atoms with Gasteiger partial charge in [0.05, 0.1) is 19.3 Å². The average molecular weight is 634 g/mol. The first-order valence-electron chi connectivity index (χ1n) is 11.9. The van der Waals surface area contributed by atoms with Gasteiger partial charge in [0.15, 0.2) is 15.7 Å². The molecule has 0 saturated carbocycles. The number of H-pyrrole nitrogens is 1. The minimum absolute atomic E-state index is 0.102. The maximum absolute atomic E-state index is 13.6. The van der Waals surface area contributed by atoms with E-state index in [-0.39, 0.29) is 17.5 Å². The Morgan fingerprint density at radius 1 is 1.28 bits per heavy atom. The lowest BCUT2D eigenvalue weighted by atomic mass is 10.00. The van der Waals surface area contributed by atoms with Crippen molar-refractivity contribution in [2.75, 3.05) is 19.0 Å². The predicted molar refractivity (Wildman–Crippen MR) is 146 cm³/mol. The van der Waals surface area contributed by atoms with E-state index in [2.05, 4.69) is 5.09 Å². The third-order valence-electron chi connectivity index (χ3n) is 5.14. The second-order valence-corrected chi connectivity index (χ2v) is 14.3. The molecule has 1 aromatic rings. The summed E-state index contributed by atoms with van der Waals surface area (Å²) in [4.78, 5) is 50.1. The van der Waals surface area contributed by atoms with Crippen molar-refractivity contribution >= 4 is 53.8 Å². The van der Waals surface area contributed by atoms with Gasteiger partial charge < -0.3 is 14.6 Å². The molecule has 1 aromatic heterocycles. The highest BCUT2D eigenvalue weighted by molar-refractivity contribution is 8.13. The number of nitrogens with zero attached hydrogens (tertiary/aromatic N) is 1. The molecule has 0 spiro atoms. The maximum Gasteiger partial charge on any atom is 0.406 e. The molecule has 39 heavy (non-hydrogen) atoms. The Balaban J connectivity index is 2.16. The van der Waals surface area contributed by atoms with Crippen LogP contribution in [-0.4, -0.2) is 73.4 Å². The fourth-order valence-corrected chi connectivity index (χ4v) is 6.11. The number of hydrogen-bond donors (Lipinski definition) is 3. The summed E-state index contributed by atoms with van der Waals surface area (Å²) in [6, 6.07) is -0.0827. The number of carbonyl (C=O) groups excluding carboxylic acids is 2. The van der Waals surface area contributed by atoms with Crippen molar-refractivity contribution in [2.45, 2.75) is 76.5 Å². The van der Waals surface area contributed by atoms with Gasteiger partial charge in [-0.1, -0.05) is 55.7 Å². The van der Waals surface area contributed by atoms with Crippen LogP contribution in [0.5, 0.6) is 0 Å². The zero-order chi connectivity index (χ0) is 29.8. The molecule has 0 amide bonds. The molecule has 222 valence electrons. The monoisotopic (exact) mass is 633 g/mol. The van der Waals surface area contributed by atoms with Gasteiger partial charge in [-0.15, -0.1) is 0 Å². The van der Waals surface area contributed by atoms with Gasteiger partial charge in [-0.05, 0) is 20.8 Å². The van der Waals surface area contributed by atoms with E-state index in [4.69, 9.17) is 41.7 Å². The van der Waals surface area contributed by atoms with Crippen LogP contribution in [-0.2, 0) is 32.7 Å².